The standard InChI is InChI=1S/C10H11BrO3/c1-5(2)9(13)6-3-4-7(12)8(11)10(6)14/h3-5,12,14H,1-2H3. The predicted molar refractivity (Wildman–Crippen MR) is 56.6 cm³/mol. The smallest absolute Gasteiger partial charge is 0.169 e. The number of carbonyl (C=O) groups excluding carboxylic acids is 1. The number of rotatable bonds is 2. The summed E-state index contributed by atoms with van der Waals surface area (Å²) in [7, 11) is 0. The molecule has 76 valence electrons. The molecule has 2 N–H and O–H groups in total. The molecule has 0 saturated heterocycles. The molecule has 0 aliphatic heterocycles. The third kappa shape index (κ3) is 1.90. The average Bonchev–Trinajstić information content (AvgIpc) is 2.13. The Kier molecular flexibility index (Phi) is 3.16. The Balaban J connectivity index is 3.24. The fraction of sp³-hybridized carbons (Fsp3) is 0.300. The fourth-order valence-electron chi connectivity index (χ4n) is 1.06. The number of hydrogen-bond acceptors (Lipinski definition) is 3. The van der Waals surface area contributed by atoms with Crippen molar-refractivity contribution in [1.29, 1.82) is 0 Å². The van der Waals surface area contributed by atoms with Crippen LogP contribution in [0.5, 0.6) is 11.5 Å². The van der Waals surface area contributed by atoms with Crippen molar-refractivity contribution in [2.75, 3.05) is 0 Å². The molecule has 1 aromatic rings. The molecule has 14 heavy (non-hydrogen) atoms. The lowest BCUT2D eigenvalue weighted by Crippen LogP contribution is -2.07. The van der Waals surface area contributed by atoms with Crippen molar-refractivity contribution in [2.45, 2.75) is 13.8 Å². The predicted octanol–water partition coefficient (Wildman–Crippen LogP) is 2.70. The van der Waals surface area contributed by atoms with E-state index in [9.17, 15) is 15.0 Å². The number of aromatic hydroxyl groups is 2. The number of phenols is 2. The second-order valence-electron chi connectivity index (χ2n) is 3.31. The highest BCUT2D eigenvalue weighted by Gasteiger charge is 2.18. The maximum atomic E-state index is 11.6. The zero-order valence-corrected chi connectivity index (χ0v) is 9.50. The van der Waals surface area contributed by atoms with Gasteiger partial charge in [0.05, 0.1) is 5.56 Å². The highest BCUT2D eigenvalue weighted by atomic mass is 79.9. The zero-order chi connectivity index (χ0) is 10.9. The molecule has 0 fully saturated rings. The number of benzene rings is 1. The van der Waals surface area contributed by atoms with Gasteiger partial charge in [-0.2, -0.15) is 0 Å². The van der Waals surface area contributed by atoms with Gasteiger partial charge in [-0.15, -0.1) is 0 Å². The topological polar surface area (TPSA) is 57.5 Å². The van der Waals surface area contributed by atoms with Crippen LogP contribution in [-0.4, -0.2) is 16.0 Å². The normalized spacial score (nSPS) is 10.6. The van der Waals surface area contributed by atoms with Crippen molar-refractivity contribution in [1.82, 2.24) is 0 Å². The van der Waals surface area contributed by atoms with Crippen LogP contribution in [0.2, 0.25) is 0 Å². The largest absolute Gasteiger partial charge is 0.507 e. The Labute approximate surface area is 90.5 Å². The summed E-state index contributed by atoms with van der Waals surface area (Å²) in [6.45, 7) is 3.51. The quantitative estimate of drug-likeness (QED) is 0.803. The van der Waals surface area contributed by atoms with E-state index >= 15 is 0 Å². The van der Waals surface area contributed by atoms with Gasteiger partial charge in [-0.25, -0.2) is 0 Å². The maximum absolute atomic E-state index is 11.6. The van der Waals surface area contributed by atoms with Crippen LogP contribution in [0, 0.1) is 5.92 Å². The molecule has 0 spiro atoms. The van der Waals surface area contributed by atoms with Crippen molar-refractivity contribution >= 4 is 21.7 Å². The number of Topliss-reactive ketones (excluding diaryl/α,β-unsaturated/α-hetero) is 1. The van der Waals surface area contributed by atoms with Gasteiger partial charge in [0.1, 0.15) is 16.0 Å². The third-order valence-corrected chi connectivity index (χ3v) is 2.67. The van der Waals surface area contributed by atoms with E-state index in [1.54, 1.807) is 13.8 Å². The van der Waals surface area contributed by atoms with Crippen LogP contribution >= 0.6 is 15.9 Å². The van der Waals surface area contributed by atoms with Crippen molar-refractivity contribution in [3.05, 3.63) is 22.2 Å². The van der Waals surface area contributed by atoms with Gasteiger partial charge >= 0.3 is 0 Å². The van der Waals surface area contributed by atoms with E-state index in [1.165, 1.54) is 12.1 Å². The van der Waals surface area contributed by atoms with Crippen molar-refractivity contribution in [3.63, 3.8) is 0 Å². The molecule has 1 aromatic carbocycles. The molecule has 0 radical (unpaired) electrons. The van der Waals surface area contributed by atoms with Crippen LogP contribution < -0.4 is 0 Å². The first-order valence-electron chi connectivity index (χ1n) is 4.19. The zero-order valence-electron chi connectivity index (χ0n) is 7.91. The van der Waals surface area contributed by atoms with E-state index in [0.717, 1.165) is 0 Å². The molecule has 0 heterocycles. The van der Waals surface area contributed by atoms with E-state index in [1.807, 2.05) is 0 Å². The molecule has 0 bridgehead atoms. The molecule has 0 aliphatic carbocycles. The van der Waals surface area contributed by atoms with E-state index in [4.69, 9.17) is 0 Å². The number of halogens is 1. The van der Waals surface area contributed by atoms with Gasteiger partial charge in [-0.1, -0.05) is 13.8 Å². The summed E-state index contributed by atoms with van der Waals surface area (Å²) in [5, 5.41) is 18.8. The lowest BCUT2D eigenvalue weighted by Gasteiger charge is -2.08. The second kappa shape index (κ2) is 4.00. The molecule has 0 amide bonds. The van der Waals surface area contributed by atoms with Gasteiger partial charge in [0.15, 0.2) is 5.78 Å². The molecule has 0 aliphatic rings. The molecule has 1 rings (SSSR count). The average molecular weight is 259 g/mol. The van der Waals surface area contributed by atoms with Gasteiger partial charge in [-0.05, 0) is 28.1 Å². The first-order valence-corrected chi connectivity index (χ1v) is 4.99. The molecular weight excluding hydrogens is 248 g/mol. The summed E-state index contributed by atoms with van der Waals surface area (Å²) < 4.78 is 0.156. The van der Waals surface area contributed by atoms with Crippen LogP contribution in [0.3, 0.4) is 0 Å². The van der Waals surface area contributed by atoms with Gasteiger partial charge in [0.25, 0.3) is 0 Å². The number of phenolic OH excluding ortho intramolecular Hbond substituents is 2. The van der Waals surface area contributed by atoms with Crippen LogP contribution in [0.25, 0.3) is 0 Å². The van der Waals surface area contributed by atoms with Gasteiger partial charge < -0.3 is 10.2 Å². The summed E-state index contributed by atoms with van der Waals surface area (Å²) in [6.07, 6.45) is 0. The molecule has 3 nitrogen and oxygen atoms in total. The highest BCUT2D eigenvalue weighted by Crippen LogP contribution is 2.36. The number of carbonyl (C=O) groups is 1. The molecule has 0 unspecified atom stereocenters. The van der Waals surface area contributed by atoms with Crippen molar-refractivity contribution in [2.24, 2.45) is 5.92 Å². The fourth-order valence-corrected chi connectivity index (χ4v) is 1.41. The minimum Gasteiger partial charge on any atom is -0.507 e. The third-order valence-electron chi connectivity index (χ3n) is 1.89. The Bertz CT molecular complexity index is 372. The monoisotopic (exact) mass is 258 g/mol. The SMILES string of the molecule is CC(C)C(=O)c1ccc(O)c(Br)c1O. The summed E-state index contributed by atoms with van der Waals surface area (Å²) in [5.74, 6) is -0.618. The first kappa shape index (κ1) is 11.0. The van der Waals surface area contributed by atoms with E-state index < -0.39 is 0 Å². The van der Waals surface area contributed by atoms with Crippen LogP contribution in [-0.2, 0) is 0 Å². The van der Waals surface area contributed by atoms with Gasteiger partial charge in [0, 0.05) is 5.92 Å². The molecule has 0 saturated carbocycles. The minimum atomic E-state index is -0.205. The van der Waals surface area contributed by atoms with Crippen LogP contribution in [0.1, 0.15) is 24.2 Å². The second-order valence-corrected chi connectivity index (χ2v) is 4.11. The van der Waals surface area contributed by atoms with E-state index in [2.05, 4.69) is 15.9 Å². The Morgan fingerprint density at radius 2 is 1.93 bits per heavy atom. The Hall–Kier alpha value is -1.03. The van der Waals surface area contributed by atoms with Crippen LogP contribution in [0.4, 0.5) is 0 Å². The van der Waals surface area contributed by atoms with Gasteiger partial charge in [-0.3, -0.25) is 4.79 Å². The molecule has 4 heteroatoms. The number of hydrogen-bond donors (Lipinski definition) is 2. The number of ketones is 1. The summed E-state index contributed by atoms with van der Waals surface area (Å²) >= 11 is 3.00. The summed E-state index contributed by atoms with van der Waals surface area (Å²) in [6, 6.07) is 2.79. The molecule has 0 atom stereocenters. The Morgan fingerprint density at radius 1 is 1.36 bits per heavy atom. The molecule has 0 aromatic heterocycles. The molecular formula is C10H11BrO3. The summed E-state index contributed by atoms with van der Waals surface area (Å²) in [4.78, 5) is 11.6. The minimum absolute atomic E-state index is 0.0807. The van der Waals surface area contributed by atoms with Crippen molar-refractivity contribution in [3.8, 4) is 11.5 Å². The lowest BCUT2D eigenvalue weighted by atomic mass is 10.0. The first-order chi connectivity index (χ1) is 6.45. The Morgan fingerprint density at radius 3 is 2.43 bits per heavy atom. The maximum Gasteiger partial charge on any atom is 0.169 e. The highest BCUT2D eigenvalue weighted by molar-refractivity contribution is 9.10. The van der Waals surface area contributed by atoms with Gasteiger partial charge in [0.2, 0.25) is 0 Å². The van der Waals surface area contributed by atoms with Crippen LogP contribution in [0.15, 0.2) is 16.6 Å². The van der Waals surface area contributed by atoms with E-state index in [0.29, 0.717) is 0 Å². The van der Waals surface area contributed by atoms with Crippen molar-refractivity contribution < 1.29 is 15.0 Å². The van der Waals surface area contributed by atoms with E-state index in [-0.39, 0.29) is 33.2 Å². The lowest BCUT2D eigenvalue weighted by molar-refractivity contribution is 0.0936. The summed E-state index contributed by atoms with van der Waals surface area (Å²) in [5.41, 5.74) is 0.227.